The van der Waals surface area contributed by atoms with Crippen molar-refractivity contribution in [2.75, 3.05) is 0 Å². The summed E-state index contributed by atoms with van der Waals surface area (Å²) in [6, 6.07) is 75.2. The van der Waals surface area contributed by atoms with E-state index < -0.39 is 5.41 Å². The van der Waals surface area contributed by atoms with Gasteiger partial charge in [-0.15, -0.1) is 0 Å². The van der Waals surface area contributed by atoms with Gasteiger partial charge in [0, 0.05) is 26.9 Å². The number of hydrogen-bond donors (Lipinski definition) is 0. The first-order valence-electron chi connectivity index (χ1n) is 20.3. The second kappa shape index (κ2) is 12.2. The van der Waals surface area contributed by atoms with E-state index in [0.717, 1.165) is 49.3 Å². The van der Waals surface area contributed by atoms with Crippen molar-refractivity contribution in [2.24, 2.45) is 0 Å². The highest BCUT2D eigenvalue weighted by atomic mass is 16.3. The van der Waals surface area contributed by atoms with Crippen LogP contribution in [0, 0.1) is 0 Å². The molecule has 0 aliphatic heterocycles. The zero-order valence-electron chi connectivity index (χ0n) is 31.9. The molecule has 0 radical (unpaired) electrons. The molecule has 10 aromatic carbocycles. The number of fused-ring (bicyclic) bond motifs is 13. The molecule has 2 nitrogen and oxygen atoms in total. The van der Waals surface area contributed by atoms with Gasteiger partial charge >= 0.3 is 0 Å². The third-order valence-electron chi connectivity index (χ3n) is 13.0. The maximum atomic E-state index is 6.68. The summed E-state index contributed by atoms with van der Waals surface area (Å²) < 4.78 is 12.9. The number of furan rings is 2. The third kappa shape index (κ3) is 4.46. The number of hydrogen-bond acceptors (Lipinski definition) is 2. The highest BCUT2D eigenvalue weighted by molar-refractivity contribution is 6.19. The van der Waals surface area contributed by atoms with Crippen LogP contribution in [0.4, 0.5) is 0 Å². The van der Waals surface area contributed by atoms with Crippen LogP contribution in [0.1, 0.15) is 22.3 Å². The Hall–Kier alpha value is -7.68. The van der Waals surface area contributed by atoms with Crippen LogP contribution in [0.15, 0.2) is 215 Å². The molecule has 12 aromatic rings. The van der Waals surface area contributed by atoms with Gasteiger partial charge in [0.25, 0.3) is 0 Å². The molecule has 0 atom stereocenters. The molecule has 2 heterocycles. The van der Waals surface area contributed by atoms with Gasteiger partial charge in [-0.05, 0) is 108 Å². The van der Waals surface area contributed by atoms with E-state index in [4.69, 9.17) is 8.83 Å². The average Bonchev–Trinajstić information content (AvgIpc) is 3.97. The van der Waals surface area contributed by atoms with E-state index in [2.05, 4.69) is 194 Å². The molecule has 2 aromatic heterocycles. The maximum Gasteiger partial charge on any atom is 0.143 e. The van der Waals surface area contributed by atoms with Crippen LogP contribution >= 0.6 is 0 Å². The summed E-state index contributed by atoms with van der Waals surface area (Å²) >= 11 is 0. The summed E-state index contributed by atoms with van der Waals surface area (Å²) in [5, 5.41) is 9.32. The molecule has 0 unspecified atom stereocenters. The standard InChI is InChI=1S/C57H34O2/c1-3-14-38(15-4-1)57(39-16-5-2-6-17-39)49-30-26-37(41-21-12-24-53-55(41)46-28-25-35-13-7-8-18-42(35)56(46)59-53)34-48(49)54-45-22-11-20-40(43(45)29-31-50(54)57)36-27-32-52-47(33-36)44-19-9-10-23-51(44)58-52/h1-34H. The van der Waals surface area contributed by atoms with E-state index in [1.807, 2.05) is 12.1 Å². The van der Waals surface area contributed by atoms with E-state index >= 15 is 0 Å². The topological polar surface area (TPSA) is 26.3 Å². The van der Waals surface area contributed by atoms with Gasteiger partial charge in [0.15, 0.2) is 0 Å². The summed E-state index contributed by atoms with van der Waals surface area (Å²) in [5.74, 6) is 0. The molecule has 0 N–H and O–H groups in total. The second-order valence-electron chi connectivity index (χ2n) is 15.9. The maximum absolute atomic E-state index is 6.68. The molecule has 0 saturated carbocycles. The Morgan fingerprint density at radius 1 is 0.322 bits per heavy atom. The fourth-order valence-electron chi connectivity index (χ4n) is 10.5. The fraction of sp³-hybridized carbons (Fsp3) is 0.0175. The van der Waals surface area contributed by atoms with Crippen LogP contribution in [0.25, 0.3) is 98.8 Å². The van der Waals surface area contributed by atoms with Crippen LogP contribution in [0.3, 0.4) is 0 Å². The van der Waals surface area contributed by atoms with E-state index in [1.54, 1.807) is 0 Å². The van der Waals surface area contributed by atoms with Gasteiger partial charge < -0.3 is 8.83 Å². The van der Waals surface area contributed by atoms with E-state index in [0.29, 0.717) is 0 Å². The summed E-state index contributed by atoms with van der Waals surface area (Å²) in [5.41, 5.74) is 15.4. The SMILES string of the molecule is c1ccc(C2(c3ccccc3)c3ccc(-c4cccc5oc6c7ccccc7ccc6c45)cc3-c3c2ccc2c(-c4ccc5oc6ccccc6c5c4)cccc32)cc1. The first-order valence-corrected chi connectivity index (χ1v) is 20.3. The highest BCUT2D eigenvalue weighted by Crippen LogP contribution is 2.59. The van der Waals surface area contributed by atoms with Gasteiger partial charge in [0.1, 0.15) is 22.3 Å². The fourth-order valence-corrected chi connectivity index (χ4v) is 10.5. The van der Waals surface area contributed by atoms with Gasteiger partial charge in [-0.2, -0.15) is 0 Å². The summed E-state index contributed by atoms with van der Waals surface area (Å²) in [6.45, 7) is 0. The van der Waals surface area contributed by atoms with Gasteiger partial charge in [-0.1, -0.05) is 170 Å². The molecule has 274 valence electrons. The minimum atomic E-state index is -0.530. The van der Waals surface area contributed by atoms with Gasteiger partial charge in [-0.25, -0.2) is 0 Å². The molecule has 2 heteroatoms. The Labute approximate surface area is 340 Å². The predicted molar refractivity (Wildman–Crippen MR) is 244 cm³/mol. The van der Waals surface area contributed by atoms with Gasteiger partial charge in [0.05, 0.1) is 5.41 Å². The van der Waals surface area contributed by atoms with Crippen molar-refractivity contribution in [1.82, 2.24) is 0 Å². The highest BCUT2D eigenvalue weighted by Gasteiger charge is 2.47. The predicted octanol–water partition coefficient (Wildman–Crippen LogP) is 15.5. The average molecular weight is 751 g/mol. The van der Waals surface area contributed by atoms with Crippen LogP contribution in [0.2, 0.25) is 0 Å². The number of benzene rings is 10. The molecule has 13 rings (SSSR count). The zero-order chi connectivity index (χ0) is 38.7. The van der Waals surface area contributed by atoms with Crippen molar-refractivity contribution in [3.05, 3.63) is 229 Å². The van der Waals surface area contributed by atoms with Crippen LogP contribution in [-0.2, 0) is 5.41 Å². The Morgan fingerprint density at radius 3 is 1.80 bits per heavy atom. The molecular weight excluding hydrogens is 717 g/mol. The molecule has 1 aliphatic carbocycles. The Balaban J connectivity index is 1.11. The van der Waals surface area contributed by atoms with Gasteiger partial charge in [-0.3, -0.25) is 0 Å². The summed E-state index contributed by atoms with van der Waals surface area (Å²) in [6.07, 6.45) is 0. The minimum absolute atomic E-state index is 0.530. The summed E-state index contributed by atoms with van der Waals surface area (Å²) in [7, 11) is 0. The molecule has 1 aliphatic rings. The van der Waals surface area contributed by atoms with Crippen molar-refractivity contribution in [2.45, 2.75) is 5.41 Å². The largest absolute Gasteiger partial charge is 0.456 e. The third-order valence-corrected chi connectivity index (χ3v) is 13.0. The smallest absolute Gasteiger partial charge is 0.143 e. The van der Waals surface area contributed by atoms with Crippen molar-refractivity contribution in [1.29, 1.82) is 0 Å². The molecule has 0 saturated heterocycles. The first kappa shape index (κ1) is 32.4. The van der Waals surface area contributed by atoms with Crippen LogP contribution in [-0.4, -0.2) is 0 Å². The zero-order valence-corrected chi connectivity index (χ0v) is 31.9. The number of para-hydroxylation sites is 1. The lowest BCUT2D eigenvalue weighted by atomic mass is 9.67. The molecule has 0 fully saturated rings. The Bertz CT molecular complexity index is 3620. The lowest BCUT2D eigenvalue weighted by Crippen LogP contribution is -2.28. The Morgan fingerprint density at radius 2 is 0.949 bits per heavy atom. The van der Waals surface area contributed by atoms with Crippen molar-refractivity contribution >= 4 is 65.4 Å². The molecule has 0 spiro atoms. The molecular formula is C57H34O2. The molecule has 59 heavy (non-hydrogen) atoms. The quantitative estimate of drug-likeness (QED) is 0.179. The van der Waals surface area contributed by atoms with Crippen molar-refractivity contribution in [3.8, 4) is 33.4 Å². The monoisotopic (exact) mass is 750 g/mol. The second-order valence-corrected chi connectivity index (χ2v) is 15.9. The van der Waals surface area contributed by atoms with E-state index in [-0.39, 0.29) is 0 Å². The minimum Gasteiger partial charge on any atom is -0.456 e. The summed E-state index contributed by atoms with van der Waals surface area (Å²) in [4.78, 5) is 0. The molecule has 0 bridgehead atoms. The van der Waals surface area contributed by atoms with Crippen LogP contribution in [0.5, 0.6) is 0 Å². The van der Waals surface area contributed by atoms with Gasteiger partial charge in [0.2, 0.25) is 0 Å². The van der Waals surface area contributed by atoms with E-state index in [1.165, 1.54) is 71.8 Å². The lowest BCUT2D eigenvalue weighted by Gasteiger charge is -2.34. The normalized spacial score (nSPS) is 13.2. The van der Waals surface area contributed by atoms with Crippen LogP contribution < -0.4 is 0 Å². The Kier molecular flexibility index (Phi) is 6.68. The van der Waals surface area contributed by atoms with Crippen molar-refractivity contribution in [3.63, 3.8) is 0 Å². The van der Waals surface area contributed by atoms with Crippen molar-refractivity contribution < 1.29 is 8.83 Å². The number of rotatable bonds is 4. The lowest BCUT2D eigenvalue weighted by molar-refractivity contribution is 0.669. The molecule has 0 amide bonds. The first-order chi connectivity index (χ1) is 29.3. The van der Waals surface area contributed by atoms with E-state index in [9.17, 15) is 0 Å².